The molecule has 0 radical (unpaired) electrons. The fourth-order valence-electron chi connectivity index (χ4n) is 4.58. The van der Waals surface area contributed by atoms with Crippen molar-refractivity contribution in [3.63, 3.8) is 0 Å². The Morgan fingerprint density at radius 2 is 2.12 bits per heavy atom. The van der Waals surface area contributed by atoms with E-state index in [9.17, 15) is 4.79 Å². The summed E-state index contributed by atoms with van der Waals surface area (Å²) in [6.45, 7) is 5.88. The minimum Gasteiger partial charge on any atom is -0.481 e. The summed E-state index contributed by atoms with van der Waals surface area (Å²) >= 11 is 0. The molecule has 5 rings (SSSR count). The van der Waals surface area contributed by atoms with Crippen LogP contribution in [0.4, 0.5) is 0 Å². The number of methoxy groups -OCH3 is 1. The predicted octanol–water partition coefficient (Wildman–Crippen LogP) is 2.10. The van der Waals surface area contributed by atoms with E-state index in [1.165, 1.54) is 0 Å². The first kappa shape index (κ1) is 21.5. The zero-order valence-electron chi connectivity index (χ0n) is 19.0. The van der Waals surface area contributed by atoms with E-state index in [0.717, 1.165) is 48.7 Å². The lowest BCUT2D eigenvalue weighted by atomic mass is 10.0. The van der Waals surface area contributed by atoms with Crippen molar-refractivity contribution in [2.45, 2.75) is 45.2 Å². The van der Waals surface area contributed by atoms with Crippen molar-refractivity contribution in [1.29, 1.82) is 0 Å². The van der Waals surface area contributed by atoms with E-state index >= 15 is 0 Å². The van der Waals surface area contributed by atoms with Gasteiger partial charge in [-0.2, -0.15) is 0 Å². The topological polar surface area (TPSA) is 94.4 Å². The molecule has 4 heterocycles. The van der Waals surface area contributed by atoms with Crippen molar-refractivity contribution < 1.29 is 14.3 Å². The van der Waals surface area contributed by atoms with Gasteiger partial charge in [0.2, 0.25) is 5.88 Å². The molecule has 33 heavy (non-hydrogen) atoms. The van der Waals surface area contributed by atoms with E-state index in [2.05, 4.69) is 25.5 Å². The van der Waals surface area contributed by atoms with Crippen LogP contribution in [0, 0.1) is 6.92 Å². The number of carbonyl (C=O) groups excluding carboxylic acids is 1. The van der Waals surface area contributed by atoms with Gasteiger partial charge in [0.05, 0.1) is 38.2 Å². The van der Waals surface area contributed by atoms with Crippen molar-refractivity contribution >= 4 is 5.91 Å². The number of nitrogens with one attached hydrogen (secondary N) is 1. The summed E-state index contributed by atoms with van der Waals surface area (Å²) in [4.78, 5) is 19.4. The van der Waals surface area contributed by atoms with Crippen LogP contribution < -0.4 is 10.1 Å². The number of pyridine rings is 1. The molecule has 172 valence electrons. The maximum Gasteiger partial charge on any atom is 0.251 e. The molecule has 0 bridgehead atoms. The maximum absolute atomic E-state index is 12.5. The van der Waals surface area contributed by atoms with Gasteiger partial charge >= 0.3 is 0 Å². The molecule has 1 fully saturated rings. The summed E-state index contributed by atoms with van der Waals surface area (Å²) in [7, 11) is 1.63. The summed E-state index contributed by atoms with van der Waals surface area (Å²) in [5.74, 6) is 0.510. The van der Waals surface area contributed by atoms with Crippen LogP contribution in [0.3, 0.4) is 0 Å². The van der Waals surface area contributed by atoms with Gasteiger partial charge in [-0.1, -0.05) is 29.0 Å². The van der Waals surface area contributed by atoms with Crippen LogP contribution in [-0.2, 0) is 31.0 Å². The van der Waals surface area contributed by atoms with E-state index in [4.69, 9.17) is 9.47 Å². The number of carbonyl (C=O) groups is 1. The fourth-order valence-corrected chi connectivity index (χ4v) is 4.58. The minimum absolute atomic E-state index is 0.119. The van der Waals surface area contributed by atoms with Gasteiger partial charge in [-0.3, -0.25) is 9.69 Å². The number of amides is 1. The van der Waals surface area contributed by atoms with Gasteiger partial charge in [-0.15, -0.1) is 5.10 Å². The lowest BCUT2D eigenvalue weighted by Gasteiger charge is -2.34. The molecule has 2 aliphatic rings. The average molecular weight is 449 g/mol. The second kappa shape index (κ2) is 8.92. The molecular weight excluding hydrogens is 420 g/mol. The van der Waals surface area contributed by atoms with Crippen LogP contribution in [-0.4, -0.2) is 56.6 Å². The highest BCUT2D eigenvalue weighted by molar-refractivity contribution is 5.94. The van der Waals surface area contributed by atoms with Crippen LogP contribution in [0.1, 0.15) is 39.4 Å². The Morgan fingerprint density at radius 3 is 2.97 bits per heavy atom. The third kappa shape index (κ3) is 4.60. The molecule has 0 saturated carbocycles. The summed E-state index contributed by atoms with van der Waals surface area (Å²) in [5.41, 5.74) is 4.08. The SMILES string of the molecule is COc1cccc(CN2CCC3(C2)Cn2nnc(CNC(=O)c4cccc(C)c4)c2CO3)n1. The highest BCUT2D eigenvalue weighted by Gasteiger charge is 2.43. The van der Waals surface area contributed by atoms with Crippen LogP contribution >= 0.6 is 0 Å². The quantitative estimate of drug-likeness (QED) is 0.617. The van der Waals surface area contributed by atoms with Crippen LogP contribution in [0.15, 0.2) is 42.5 Å². The second-order valence-corrected chi connectivity index (χ2v) is 8.80. The van der Waals surface area contributed by atoms with Gasteiger partial charge in [0.1, 0.15) is 11.3 Å². The Bertz CT molecular complexity index is 1160. The Morgan fingerprint density at radius 1 is 1.24 bits per heavy atom. The largest absolute Gasteiger partial charge is 0.481 e. The Balaban J connectivity index is 1.20. The third-order valence-electron chi connectivity index (χ3n) is 6.34. The number of aryl methyl sites for hydroxylation is 1. The van der Waals surface area contributed by atoms with E-state index in [-0.39, 0.29) is 11.5 Å². The van der Waals surface area contributed by atoms with E-state index in [0.29, 0.717) is 31.1 Å². The monoisotopic (exact) mass is 448 g/mol. The molecule has 1 unspecified atom stereocenters. The predicted molar refractivity (Wildman–Crippen MR) is 121 cm³/mol. The summed E-state index contributed by atoms with van der Waals surface area (Å²) in [5, 5.41) is 11.6. The first-order valence-corrected chi connectivity index (χ1v) is 11.2. The minimum atomic E-state index is -0.276. The molecule has 2 aromatic heterocycles. The first-order valence-electron chi connectivity index (χ1n) is 11.2. The number of ether oxygens (including phenoxy) is 2. The van der Waals surface area contributed by atoms with E-state index < -0.39 is 0 Å². The summed E-state index contributed by atoms with van der Waals surface area (Å²) in [6, 6.07) is 13.4. The third-order valence-corrected chi connectivity index (χ3v) is 6.34. The zero-order chi connectivity index (χ0) is 22.8. The molecule has 1 saturated heterocycles. The molecule has 3 aromatic rings. The molecule has 1 amide bonds. The normalized spacial score (nSPS) is 20.1. The van der Waals surface area contributed by atoms with Gasteiger partial charge in [-0.25, -0.2) is 9.67 Å². The van der Waals surface area contributed by atoms with Crippen LogP contribution in [0.25, 0.3) is 0 Å². The highest BCUT2D eigenvalue weighted by Crippen LogP contribution is 2.33. The highest BCUT2D eigenvalue weighted by atomic mass is 16.5. The summed E-state index contributed by atoms with van der Waals surface area (Å²) in [6.07, 6.45) is 0.926. The molecule has 9 nitrogen and oxygen atoms in total. The van der Waals surface area contributed by atoms with Gasteiger partial charge in [0.25, 0.3) is 5.91 Å². The molecule has 1 N–H and O–H groups in total. The standard InChI is InChI=1S/C24H28N6O3/c1-17-5-3-6-18(11-17)23(31)25-12-20-21-14-33-24(16-30(21)28-27-20)9-10-29(15-24)13-19-7-4-8-22(26-19)32-2/h3-8,11H,9-10,12-16H2,1-2H3,(H,25,31). The van der Waals surface area contributed by atoms with E-state index in [1.807, 2.05) is 54.1 Å². The number of benzene rings is 1. The van der Waals surface area contributed by atoms with Crippen molar-refractivity contribution in [2.24, 2.45) is 0 Å². The van der Waals surface area contributed by atoms with Crippen molar-refractivity contribution in [1.82, 2.24) is 30.2 Å². The first-order chi connectivity index (χ1) is 16.0. The van der Waals surface area contributed by atoms with Gasteiger partial charge in [-0.05, 0) is 31.5 Å². The number of hydrogen-bond donors (Lipinski definition) is 1. The Hall–Kier alpha value is -3.30. The van der Waals surface area contributed by atoms with Crippen molar-refractivity contribution in [2.75, 3.05) is 20.2 Å². The Labute approximate surface area is 192 Å². The number of nitrogens with zero attached hydrogens (tertiary/aromatic N) is 5. The van der Waals surface area contributed by atoms with Crippen molar-refractivity contribution in [3.8, 4) is 5.88 Å². The smallest absolute Gasteiger partial charge is 0.251 e. The number of likely N-dealkylation sites (tertiary alicyclic amines) is 1. The number of hydrogen-bond acceptors (Lipinski definition) is 7. The van der Waals surface area contributed by atoms with Gasteiger partial charge in [0.15, 0.2) is 0 Å². The molecule has 0 aliphatic carbocycles. The van der Waals surface area contributed by atoms with Crippen LogP contribution in [0.5, 0.6) is 5.88 Å². The lowest BCUT2D eigenvalue weighted by Crippen LogP contribution is -2.44. The average Bonchev–Trinajstić information content (AvgIpc) is 3.41. The second-order valence-electron chi connectivity index (χ2n) is 8.80. The van der Waals surface area contributed by atoms with Gasteiger partial charge < -0.3 is 14.8 Å². The summed E-state index contributed by atoms with van der Waals surface area (Å²) < 4.78 is 13.5. The van der Waals surface area contributed by atoms with Crippen molar-refractivity contribution in [3.05, 3.63) is 70.7 Å². The molecule has 1 aromatic carbocycles. The zero-order valence-corrected chi connectivity index (χ0v) is 19.0. The van der Waals surface area contributed by atoms with Gasteiger partial charge in [0, 0.05) is 31.3 Å². The Kier molecular flexibility index (Phi) is 5.82. The molecule has 9 heteroatoms. The number of aromatic nitrogens is 4. The van der Waals surface area contributed by atoms with E-state index in [1.54, 1.807) is 7.11 Å². The molecule has 1 spiro atoms. The fraction of sp³-hybridized carbons (Fsp3) is 0.417. The number of fused-ring (bicyclic) bond motifs is 1. The molecular formula is C24H28N6O3. The molecule has 2 aliphatic heterocycles. The lowest BCUT2D eigenvalue weighted by molar-refractivity contribution is -0.0845. The number of rotatable bonds is 6. The van der Waals surface area contributed by atoms with Crippen LogP contribution in [0.2, 0.25) is 0 Å². The maximum atomic E-state index is 12.5. The molecule has 1 atom stereocenters.